The molecule has 0 radical (unpaired) electrons. The molecular formula is C17H27BrN2S. The van der Waals surface area contributed by atoms with E-state index >= 15 is 0 Å². The molecule has 1 aromatic rings. The number of nitrogens with zero attached hydrogens (tertiary/aromatic N) is 1. The summed E-state index contributed by atoms with van der Waals surface area (Å²) in [5, 5.41) is 6.06. The molecule has 0 amide bonds. The third kappa shape index (κ3) is 3.54. The van der Waals surface area contributed by atoms with Crippen molar-refractivity contribution in [1.82, 2.24) is 10.2 Å². The van der Waals surface area contributed by atoms with Crippen LogP contribution >= 0.6 is 27.3 Å². The second-order valence-electron chi connectivity index (χ2n) is 6.74. The molecule has 2 nitrogen and oxygen atoms in total. The molecule has 2 fully saturated rings. The molecule has 3 atom stereocenters. The second kappa shape index (κ2) is 7.12. The van der Waals surface area contributed by atoms with Crippen molar-refractivity contribution in [3.8, 4) is 0 Å². The zero-order chi connectivity index (χ0) is 14.8. The van der Waals surface area contributed by atoms with E-state index in [0.717, 1.165) is 24.5 Å². The van der Waals surface area contributed by atoms with Gasteiger partial charge in [0.1, 0.15) is 0 Å². The predicted molar refractivity (Wildman–Crippen MR) is 95.1 cm³/mol. The normalized spacial score (nSPS) is 30.7. The zero-order valence-electron chi connectivity index (χ0n) is 13.1. The molecule has 0 aromatic carbocycles. The van der Waals surface area contributed by atoms with E-state index in [-0.39, 0.29) is 0 Å². The van der Waals surface area contributed by atoms with E-state index in [1.165, 1.54) is 47.9 Å². The van der Waals surface area contributed by atoms with E-state index in [1.54, 1.807) is 0 Å². The van der Waals surface area contributed by atoms with E-state index < -0.39 is 0 Å². The van der Waals surface area contributed by atoms with Gasteiger partial charge in [-0.2, -0.15) is 0 Å². The molecule has 1 N–H and O–H groups in total. The van der Waals surface area contributed by atoms with Crippen molar-refractivity contribution >= 4 is 27.3 Å². The summed E-state index contributed by atoms with van der Waals surface area (Å²) in [5.74, 6) is 0.847. The summed E-state index contributed by atoms with van der Waals surface area (Å²) in [7, 11) is 2.34. The number of piperidine rings is 1. The van der Waals surface area contributed by atoms with Crippen LogP contribution in [-0.2, 0) is 6.42 Å². The van der Waals surface area contributed by atoms with Gasteiger partial charge in [-0.1, -0.05) is 6.92 Å². The summed E-state index contributed by atoms with van der Waals surface area (Å²) < 4.78 is 1.30. The van der Waals surface area contributed by atoms with E-state index in [2.05, 4.69) is 51.6 Å². The standard InChI is InChI=1S/C17H27BrN2S/c1-3-7-19-16(11-17-15(18)6-8-21-17)12-9-13-4-5-14(10-12)20(13)2/h6,8,12-14,16,19H,3-5,7,9-11H2,1-2H3. The number of hydrogen-bond acceptors (Lipinski definition) is 3. The molecule has 3 heterocycles. The fourth-order valence-electron chi connectivity index (χ4n) is 4.19. The topological polar surface area (TPSA) is 15.3 Å². The summed E-state index contributed by atoms with van der Waals surface area (Å²) in [6, 6.07) is 4.52. The molecule has 1 aromatic heterocycles. The molecule has 0 aliphatic carbocycles. The Morgan fingerprint density at radius 3 is 2.67 bits per heavy atom. The van der Waals surface area contributed by atoms with E-state index in [9.17, 15) is 0 Å². The Hall–Kier alpha value is 0.1000. The third-order valence-electron chi connectivity index (χ3n) is 5.46. The molecule has 118 valence electrons. The minimum Gasteiger partial charge on any atom is -0.313 e. The average Bonchev–Trinajstić information content (AvgIpc) is 2.94. The van der Waals surface area contributed by atoms with Crippen LogP contribution in [0.15, 0.2) is 15.9 Å². The maximum atomic E-state index is 3.86. The summed E-state index contributed by atoms with van der Waals surface area (Å²) in [4.78, 5) is 4.16. The molecule has 0 spiro atoms. The zero-order valence-corrected chi connectivity index (χ0v) is 15.5. The van der Waals surface area contributed by atoms with Crippen molar-refractivity contribution in [2.45, 2.75) is 63.6 Å². The Labute approximate surface area is 141 Å². The van der Waals surface area contributed by atoms with Crippen molar-refractivity contribution in [3.05, 3.63) is 20.8 Å². The lowest BCUT2D eigenvalue weighted by atomic mass is 9.83. The van der Waals surface area contributed by atoms with Crippen LogP contribution in [0.2, 0.25) is 0 Å². The van der Waals surface area contributed by atoms with Crippen LogP contribution in [0.4, 0.5) is 0 Å². The molecule has 3 rings (SSSR count). The van der Waals surface area contributed by atoms with Gasteiger partial charge in [0.2, 0.25) is 0 Å². The molecule has 3 unspecified atom stereocenters. The Morgan fingerprint density at radius 2 is 2.10 bits per heavy atom. The first-order valence-corrected chi connectivity index (χ1v) is 10.0. The van der Waals surface area contributed by atoms with Crippen molar-refractivity contribution < 1.29 is 0 Å². The first kappa shape index (κ1) is 16.0. The van der Waals surface area contributed by atoms with Crippen LogP contribution in [0.25, 0.3) is 0 Å². The summed E-state index contributed by atoms with van der Waals surface area (Å²) >= 11 is 5.60. The van der Waals surface area contributed by atoms with E-state index in [0.29, 0.717) is 6.04 Å². The minimum absolute atomic E-state index is 0.650. The number of fused-ring (bicyclic) bond motifs is 2. The lowest BCUT2D eigenvalue weighted by Gasteiger charge is -2.40. The average molecular weight is 371 g/mol. The molecule has 21 heavy (non-hydrogen) atoms. The Morgan fingerprint density at radius 1 is 1.38 bits per heavy atom. The first-order chi connectivity index (χ1) is 10.2. The van der Waals surface area contributed by atoms with Crippen LogP contribution in [0.3, 0.4) is 0 Å². The predicted octanol–water partition coefficient (Wildman–Crippen LogP) is 4.29. The number of nitrogens with one attached hydrogen (secondary N) is 1. The van der Waals surface area contributed by atoms with Gasteiger partial charge in [-0.3, -0.25) is 0 Å². The highest BCUT2D eigenvalue weighted by atomic mass is 79.9. The van der Waals surface area contributed by atoms with Gasteiger partial charge < -0.3 is 10.2 Å². The number of thiophene rings is 1. The van der Waals surface area contributed by atoms with Gasteiger partial charge >= 0.3 is 0 Å². The van der Waals surface area contributed by atoms with Crippen LogP contribution < -0.4 is 5.32 Å². The van der Waals surface area contributed by atoms with Gasteiger partial charge in [0.05, 0.1) is 0 Å². The smallest absolute Gasteiger partial charge is 0.0314 e. The van der Waals surface area contributed by atoms with Gasteiger partial charge in [-0.05, 0) is 85.4 Å². The SMILES string of the molecule is CCCNC(Cc1sccc1Br)C1CC2CCC(C1)N2C. The molecule has 2 aliphatic heterocycles. The van der Waals surface area contributed by atoms with Crippen LogP contribution in [-0.4, -0.2) is 36.6 Å². The van der Waals surface area contributed by atoms with Gasteiger partial charge in [0.15, 0.2) is 0 Å². The fourth-order valence-corrected chi connectivity index (χ4v) is 5.76. The fraction of sp³-hybridized carbons (Fsp3) is 0.765. The second-order valence-corrected chi connectivity index (χ2v) is 8.59. The van der Waals surface area contributed by atoms with E-state index in [4.69, 9.17) is 0 Å². The molecule has 2 bridgehead atoms. The maximum absolute atomic E-state index is 3.86. The van der Waals surface area contributed by atoms with Crippen molar-refractivity contribution in [2.75, 3.05) is 13.6 Å². The highest BCUT2D eigenvalue weighted by Gasteiger charge is 2.40. The summed E-state index contributed by atoms with van der Waals surface area (Å²) in [6.45, 7) is 3.42. The Bertz CT molecular complexity index is 447. The number of halogens is 1. The third-order valence-corrected chi connectivity index (χ3v) is 7.41. The molecule has 0 saturated carbocycles. The van der Waals surface area contributed by atoms with Crippen LogP contribution in [0, 0.1) is 5.92 Å². The van der Waals surface area contributed by atoms with Crippen molar-refractivity contribution in [2.24, 2.45) is 5.92 Å². The molecule has 2 saturated heterocycles. The van der Waals surface area contributed by atoms with Crippen LogP contribution in [0.1, 0.15) is 43.9 Å². The number of hydrogen-bond donors (Lipinski definition) is 1. The Balaban J connectivity index is 1.69. The lowest BCUT2D eigenvalue weighted by molar-refractivity contribution is 0.112. The van der Waals surface area contributed by atoms with Gasteiger partial charge in [0.25, 0.3) is 0 Å². The van der Waals surface area contributed by atoms with Crippen molar-refractivity contribution in [3.63, 3.8) is 0 Å². The van der Waals surface area contributed by atoms with Crippen LogP contribution in [0.5, 0.6) is 0 Å². The maximum Gasteiger partial charge on any atom is 0.0314 e. The molecule has 4 heteroatoms. The van der Waals surface area contributed by atoms with Gasteiger partial charge in [-0.25, -0.2) is 0 Å². The highest BCUT2D eigenvalue weighted by molar-refractivity contribution is 9.10. The van der Waals surface area contributed by atoms with E-state index in [1.807, 2.05) is 11.3 Å². The summed E-state index contributed by atoms with van der Waals surface area (Å²) in [5.41, 5.74) is 0. The van der Waals surface area contributed by atoms with Gasteiger partial charge in [0, 0.05) is 27.5 Å². The monoisotopic (exact) mass is 370 g/mol. The minimum atomic E-state index is 0.650. The Kier molecular flexibility index (Phi) is 5.41. The lowest BCUT2D eigenvalue weighted by Crippen LogP contribution is -2.48. The van der Waals surface area contributed by atoms with Gasteiger partial charge in [-0.15, -0.1) is 11.3 Å². The first-order valence-electron chi connectivity index (χ1n) is 8.36. The van der Waals surface area contributed by atoms with Crippen molar-refractivity contribution in [1.29, 1.82) is 0 Å². The highest BCUT2D eigenvalue weighted by Crippen LogP contribution is 2.39. The quantitative estimate of drug-likeness (QED) is 0.802. The largest absolute Gasteiger partial charge is 0.313 e. The molecular weight excluding hydrogens is 344 g/mol. The molecule has 2 aliphatic rings. The number of rotatable bonds is 6. The summed E-state index contributed by atoms with van der Waals surface area (Å²) in [6.07, 6.45) is 8.02.